The molecule has 3 aromatic rings. The van der Waals surface area contributed by atoms with E-state index in [1.807, 2.05) is 48.1 Å². The Morgan fingerprint density at radius 1 is 1.11 bits per heavy atom. The van der Waals surface area contributed by atoms with Crippen LogP contribution < -0.4 is 0 Å². The number of nitrogens with one attached hydrogen (secondary N) is 1. The second-order valence-electron chi connectivity index (χ2n) is 4.56. The van der Waals surface area contributed by atoms with E-state index in [-0.39, 0.29) is 5.82 Å². The van der Waals surface area contributed by atoms with E-state index in [9.17, 15) is 4.39 Å². The van der Waals surface area contributed by atoms with Crippen molar-refractivity contribution in [2.24, 2.45) is 7.05 Å². The number of aromatic nitrogens is 1. The van der Waals surface area contributed by atoms with Gasteiger partial charge >= 0.3 is 0 Å². The largest absolute Gasteiger partial charge is 0.350 e. The predicted molar refractivity (Wildman–Crippen MR) is 75.2 cm³/mol. The summed E-state index contributed by atoms with van der Waals surface area (Å²) in [6.07, 6.45) is 1.87. The van der Waals surface area contributed by atoms with E-state index < -0.39 is 0 Å². The lowest BCUT2D eigenvalue weighted by Crippen LogP contribution is -2.00. The van der Waals surface area contributed by atoms with Gasteiger partial charge in [-0.05, 0) is 18.2 Å². The maximum Gasteiger partial charge on any atom is 0.123 e. The highest BCUT2D eigenvalue weighted by molar-refractivity contribution is 6.17. The van der Waals surface area contributed by atoms with Gasteiger partial charge in [0.15, 0.2) is 0 Å². The van der Waals surface area contributed by atoms with Crippen LogP contribution in [0.25, 0.3) is 10.9 Å². The summed E-state index contributed by atoms with van der Waals surface area (Å²) in [5.41, 5.74) is 2.93. The van der Waals surface area contributed by atoms with Crippen molar-refractivity contribution in [2.45, 2.75) is 0 Å². The molecular formula is C16H13FN2. The van der Waals surface area contributed by atoms with Crippen LogP contribution in [0.15, 0.2) is 54.7 Å². The van der Waals surface area contributed by atoms with Crippen LogP contribution in [0.1, 0.15) is 11.1 Å². The second kappa shape index (κ2) is 4.35. The summed E-state index contributed by atoms with van der Waals surface area (Å²) >= 11 is 0. The Labute approximate surface area is 110 Å². The van der Waals surface area contributed by atoms with Crippen LogP contribution in [0, 0.1) is 11.2 Å². The van der Waals surface area contributed by atoms with Crippen LogP contribution in [-0.2, 0) is 7.05 Å². The molecule has 0 spiro atoms. The molecule has 0 fully saturated rings. The highest BCUT2D eigenvalue weighted by Gasteiger charge is 2.12. The van der Waals surface area contributed by atoms with Crippen LogP contribution in [0.5, 0.6) is 0 Å². The van der Waals surface area contributed by atoms with Crippen molar-refractivity contribution < 1.29 is 4.39 Å². The number of halogens is 1. The minimum Gasteiger partial charge on any atom is -0.350 e. The smallest absolute Gasteiger partial charge is 0.123 e. The summed E-state index contributed by atoms with van der Waals surface area (Å²) in [4.78, 5) is 0. The molecule has 0 aliphatic heterocycles. The molecule has 94 valence electrons. The Bertz CT molecular complexity index is 757. The molecule has 19 heavy (non-hydrogen) atoms. The van der Waals surface area contributed by atoms with Gasteiger partial charge < -0.3 is 4.57 Å². The zero-order chi connectivity index (χ0) is 13.4. The topological polar surface area (TPSA) is 28.8 Å². The van der Waals surface area contributed by atoms with Gasteiger partial charge in [-0.1, -0.05) is 30.3 Å². The third kappa shape index (κ3) is 1.93. The molecule has 0 aliphatic rings. The summed E-state index contributed by atoms with van der Waals surface area (Å²) in [6, 6.07) is 14.2. The van der Waals surface area contributed by atoms with Crippen molar-refractivity contribution in [1.82, 2.24) is 4.57 Å². The molecule has 0 aliphatic carbocycles. The summed E-state index contributed by atoms with van der Waals surface area (Å²) < 4.78 is 15.3. The van der Waals surface area contributed by atoms with Crippen molar-refractivity contribution in [1.29, 1.82) is 5.41 Å². The fourth-order valence-electron chi connectivity index (χ4n) is 2.32. The molecule has 2 nitrogen and oxygen atoms in total. The van der Waals surface area contributed by atoms with Crippen molar-refractivity contribution in [3.8, 4) is 0 Å². The molecule has 0 amide bonds. The molecule has 1 aromatic heterocycles. The fraction of sp³-hybridized carbons (Fsp3) is 0.0625. The molecule has 2 aromatic carbocycles. The molecule has 0 unspecified atom stereocenters. The van der Waals surface area contributed by atoms with Gasteiger partial charge in [0, 0.05) is 35.3 Å². The fourth-order valence-corrected chi connectivity index (χ4v) is 2.32. The summed E-state index contributed by atoms with van der Waals surface area (Å²) in [5.74, 6) is -0.277. The van der Waals surface area contributed by atoms with E-state index in [0.717, 1.165) is 22.0 Å². The van der Waals surface area contributed by atoms with Gasteiger partial charge in [0.25, 0.3) is 0 Å². The Kier molecular flexibility index (Phi) is 2.67. The summed E-state index contributed by atoms with van der Waals surface area (Å²) in [7, 11) is 1.90. The first-order chi connectivity index (χ1) is 9.16. The lowest BCUT2D eigenvalue weighted by Gasteiger charge is -2.02. The van der Waals surface area contributed by atoms with Gasteiger partial charge in [-0.15, -0.1) is 0 Å². The first-order valence-electron chi connectivity index (χ1n) is 6.06. The van der Waals surface area contributed by atoms with Crippen LogP contribution in [0.2, 0.25) is 0 Å². The normalized spacial score (nSPS) is 10.8. The number of hydrogen-bond acceptors (Lipinski definition) is 1. The predicted octanol–water partition coefficient (Wildman–Crippen LogP) is 3.73. The summed E-state index contributed by atoms with van der Waals surface area (Å²) in [5, 5.41) is 9.08. The molecule has 3 rings (SSSR count). The number of fused-ring (bicyclic) bond motifs is 1. The molecule has 1 N–H and O–H groups in total. The Balaban J connectivity index is 2.21. The Morgan fingerprint density at radius 3 is 2.58 bits per heavy atom. The van der Waals surface area contributed by atoms with Crippen LogP contribution >= 0.6 is 0 Å². The Hall–Kier alpha value is -2.42. The van der Waals surface area contributed by atoms with E-state index >= 15 is 0 Å². The molecule has 0 saturated heterocycles. The summed E-state index contributed by atoms with van der Waals surface area (Å²) in [6.45, 7) is 0. The molecule has 1 heterocycles. The third-order valence-electron chi connectivity index (χ3n) is 3.28. The van der Waals surface area contributed by atoms with Gasteiger partial charge in [-0.2, -0.15) is 0 Å². The maximum atomic E-state index is 13.4. The molecule has 0 atom stereocenters. The van der Waals surface area contributed by atoms with Crippen molar-refractivity contribution in [3.05, 3.63) is 71.7 Å². The Morgan fingerprint density at radius 2 is 1.84 bits per heavy atom. The molecule has 0 saturated carbocycles. The first kappa shape index (κ1) is 11.7. The number of benzene rings is 2. The van der Waals surface area contributed by atoms with E-state index in [1.54, 1.807) is 6.07 Å². The van der Waals surface area contributed by atoms with Gasteiger partial charge in [0.2, 0.25) is 0 Å². The van der Waals surface area contributed by atoms with Gasteiger partial charge in [-0.25, -0.2) is 4.39 Å². The SMILES string of the molecule is Cn1cc(C(=N)c2ccccc2)c2cc(F)ccc21. The van der Waals surface area contributed by atoms with E-state index in [0.29, 0.717) is 5.71 Å². The van der Waals surface area contributed by atoms with Crippen LogP contribution in [0.4, 0.5) is 4.39 Å². The highest BCUT2D eigenvalue weighted by Crippen LogP contribution is 2.24. The quantitative estimate of drug-likeness (QED) is 0.673. The van der Waals surface area contributed by atoms with Crippen molar-refractivity contribution in [2.75, 3.05) is 0 Å². The van der Waals surface area contributed by atoms with E-state index in [1.165, 1.54) is 12.1 Å². The van der Waals surface area contributed by atoms with Crippen LogP contribution in [-0.4, -0.2) is 10.3 Å². The minimum atomic E-state index is -0.277. The van der Waals surface area contributed by atoms with Crippen molar-refractivity contribution in [3.63, 3.8) is 0 Å². The average Bonchev–Trinajstić information content (AvgIpc) is 2.75. The van der Waals surface area contributed by atoms with Gasteiger partial charge in [0.05, 0.1) is 5.71 Å². The lowest BCUT2D eigenvalue weighted by atomic mass is 10.0. The molecule has 0 bridgehead atoms. The zero-order valence-electron chi connectivity index (χ0n) is 10.5. The zero-order valence-corrected chi connectivity index (χ0v) is 10.5. The maximum absolute atomic E-state index is 13.4. The van der Waals surface area contributed by atoms with E-state index in [4.69, 9.17) is 5.41 Å². The minimum absolute atomic E-state index is 0.277. The van der Waals surface area contributed by atoms with Crippen LogP contribution in [0.3, 0.4) is 0 Å². The highest BCUT2D eigenvalue weighted by atomic mass is 19.1. The average molecular weight is 252 g/mol. The number of aryl methyl sites for hydroxylation is 1. The monoisotopic (exact) mass is 252 g/mol. The lowest BCUT2D eigenvalue weighted by molar-refractivity contribution is 0.629. The molecular weight excluding hydrogens is 239 g/mol. The first-order valence-corrected chi connectivity index (χ1v) is 6.06. The number of hydrogen-bond donors (Lipinski definition) is 1. The van der Waals surface area contributed by atoms with Gasteiger partial charge in [-0.3, -0.25) is 5.41 Å². The number of rotatable bonds is 2. The van der Waals surface area contributed by atoms with E-state index in [2.05, 4.69) is 0 Å². The molecule has 0 radical (unpaired) electrons. The standard InChI is InChI=1S/C16H13FN2/c1-19-10-14(13-9-12(17)7-8-15(13)19)16(18)11-5-3-2-4-6-11/h2-10,18H,1H3. The second-order valence-corrected chi connectivity index (χ2v) is 4.56. The number of nitrogens with zero attached hydrogens (tertiary/aromatic N) is 1. The van der Waals surface area contributed by atoms with Gasteiger partial charge in [0.1, 0.15) is 5.82 Å². The molecule has 3 heteroatoms. The van der Waals surface area contributed by atoms with Crippen molar-refractivity contribution >= 4 is 16.6 Å². The third-order valence-corrected chi connectivity index (χ3v) is 3.28.